The van der Waals surface area contributed by atoms with Gasteiger partial charge in [-0.25, -0.2) is 4.98 Å². The Hall–Kier alpha value is -1.94. The molecule has 78 valence electrons. The molecule has 0 amide bonds. The third kappa shape index (κ3) is 1.44. The van der Waals surface area contributed by atoms with Crippen molar-refractivity contribution in [1.82, 2.24) is 20.0 Å². The summed E-state index contributed by atoms with van der Waals surface area (Å²) >= 11 is 5.84. The van der Waals surface area contributed by atoms with Crippen LogP contribution in [0, 0.1) is 0 Å². The number of nitrogens with zero attached hydrogens (tertiary/aromatic N) is 4. The standard InChI is InChI=1S/C11H7ClN4/c12-10-6-3-7-11(13-10)16-9-5-2-1-4-8(9)14-15-16/h1-7H. The molecule has 0 atom stereocenters. The lowest BCUT2D eigenvalue weighted by Crippen LogP contribution is -1.99. The fourth-order valence-electron chi connectivity index (χ4n) is 1.55. The number of aromatic nitrogens is 4. The number of hydrogen-bond donors (Lipinski definition) is 0. The summed E-state index contributed by atoms with van der Waals surface area (Å²) in [7, 11) is 0. The van der Waals surface area contributed by atoms with Gasteiger partial charge in [0, 0.05) is 0 Å². The first kappa shape index (κ1) is 9.30. The van der Waals surface area contributed by atoms with Crippen molar-refractivity contribution in [3.63, 3.8) is 0 Å². The van der Waals surface area contributed by atoms with E-state index in [4.69, 9.17) is 11.6 Å². The second-order valence-corrected chi connectivity index (χ2v) is 3.70. The molecule has 0 spiro atoms. The SMILES string of the molecule is Clc1cccc(-n2nnc3ccccc32)n1. The minimum Gasteiger partial charge on any atom is -0.217 e. The Labute approximate surface area is 96.5 Å². The first-order chi connectivity index (χ1) is 7.84. The van der Waals surface area contributed by atoms with E-state index in [0.717, 1.165) is 11.0 Å². The molecule has 0 saturated carbocycles. The second-order valence-electron chi connectivity index (χ2n) is 3.31. The lowest BCUT2D eigenvalue weighted by molar-refractivity contribution is 0.801. The molecule has 0 aliphatic rings. The molecule has 16 heavy (non-hydrogen) atoms. The fraction of sp³-hybridized carbons (Fsp3) is 0. The smallest absolute Gasteiger partial charge is 0.157 e. The Morgan fingerprint density at radius 1 is 1.00 bits per heavy atom. The molecule has 0 bridgehead atoms. The van der Waals surface area contributed by atoms with Gasteiger partial charge in [0.05, 0.1) is 5.52 Å². The summed E-state index contributed by atoms with van der Waals surface area (Å²) < 4.78 is 1.67. The van der Waals surface area contributed by atoms with E-state index in [1.54, 1.807) is 10.7 Å². The summed E-state index contributed by atoms with van der Waals surface area (Å²) in [4.78, 5) is 4.19. The van der Waals surface area contributed by atoms with Crippen LogP contribution in [-0.4, -0.2) is 20.0 Å². The molecule has 3 aromatic rings. The monoisotopic (exact) mass is 230 g/mol. The number of benzene rings is 1. The van der Waals surface area contributed by atoms with Crippen LogP contribution in [0.15, 0.2) is 42.5 Å². The minimum atomic E-state index is 0.442. The molecule has 0 N–H and O–H groups in total. The van der Waals surface area contributed by atoms with Gasteiger partial charge in [-0.3, -0.25) is 0 Å². The molecule has 0 unspecified atom stereocenters. The van der Waals surface area contributed by atoms with Gasteiger partial charge in [-0.15, -0.1) is 5.10 Å². The number of halogens is 1. The molecule has 5 heteroatoms. The van der Waals surface area contributed by atoms with E-state index >= 15 is 0 Å². The molecule has 2 heterocycles. The van der Waals surface area contributed by atoms with Gasteiger partial charge in [0.15, 0.2) is 5.82 Å². The number of rotatable bonds is 1. The molecule has 1 aromatic carbocycles. The molecule has 4 nitrogen and oxygen atoms in total. The summed E-state index contributed by atoms with van der Waals surface area (Å²) in [6.45, 7) is 0. The van der Waals surface area contributed by atoms with E-state index in [1.165, 1.54) is 0 Å². The predicted octanol–water partition coefficient (Wildman–Crippen LogP) is 2.47. The normalized spacial score (nSPS) is 10.8. The lowest BCUT2D eigenvalue weighted by Gasteiger charge is -2.00. The molecular weight excluding hydrogens is 224 g/mol. The quantitative estimate of drug-likeness (QED) is 0.603. The third-order valence-corrected chi connectivity index (χ3v) is 2.48. The van der Waals surface area contributed by atoms with Crippen LogP contribution in [0.3, 0.4) is 0 Å². The van der Waals surface area contributed by atoms with Crippen molar-refractivity contribution < 1.29 is 0 Å². The zero-order chi connectivity index (χ0) is 11.0. The Morgan fingerprint density at radius 2 is 1.88 bits per heavy atom. The van der Waals surface area contributed by atoms with E-state index in [0.29, 0.717) is 11.0 Å². The maximum atomic E-state index is 5.84. The highest BCUT2D eigenvalue weighted by Gasteiger charge is 2.06. The van der Waals surface area contributed by atoms with Crippen molar-refractivity contribution in [2.75, 3.05) is 0 Å². The van der Waals surface area contributed by atoms with E-state index in [-0.39, 0.29) is 0 Å². The van der Waals surface area contributed by atoms with Crippen molar-refractivity contribution in [3.8, 4) is 5.82 Å². The Balaban J connectivity index is 2.26. The van der Waals surface area contributed by atoms with Gasteiger partial charge in [0.1, 0.15) is 10.7 Å². The van der Waals surface area contributed by atoms with Crippen LogP contribution < -0.4 is 0 Å². The number of para-hydroxylation sites is 1. The molecular formula is C11H7ClN4. The second kappa shape index (κ2) is 3.57. The van der Waals surface area contributed by atoms with Crippen LogP contribution in [0.5, 0.6) is 0 Å². The Morgan fingerprint density at radius 3 is 2.75 bits per heavy atom. The van der Waals surface area contributed by atoms with Gasteiger partial charge in [-0.2, -0.15) is 4.68 Å². The summed E-state index contributed by atoms with van der Waals surface area (Å²) in [6.07, 6.45) is 0. The molecule has 2 aromatic heterocycles. The van der Waals surface area contributed by atoms with Crippen LogP contribution in [0.4, 0.5) is 0 Å². The van der Waals surface area contributed by atoms with Crippen LogP contribution >= 0.6 is 11.6 Å². The highest BCUT2D eigenvalue weighted by Crippen LogP contribution is 2.15. The van der Waals surface area contributed by atoms with Crippen LogP contribution in [0.1, 0.15) is 0 Å². The van der Waals surface area contributed by atoms with Gasteiger partial charge in [-0.1, -0.05) is 35.0 Å². The average Bonchev–Trinajstić information content (AvgIpc) is 2.72. The van der Waals surface area contributed by atoms with Gasteiger partial charge < -0.3 is 0 Å². The molecule has 0 saturated heterocycles. The molecule has 0 fully saturated rings. The third-order valence-electron chi connectivity index (χ3n) is 2.27. The summed E-state index contributed by atoms with van der Waals surface area (Å²) in [5.41, 5.74) is 1.75. The van der Waals surface area contributed by atoms with Gasteiger partial charge >= 0.3 is 0 Å². The maximum absolute atomic E-state index is 5.84. The van der Waals surface area contributed by atoms with Crippen molar-refractivity contribution in [3.05, 3.63) is 47.6 Å². The van der Waals surface area contributed by atoms with E-state index < -0.39 is 0 Å². The highest BCUT2D eigenvalue weighted by atomic mass is 35.5. The zero-order valence-corrected chi connectivity index (χ0v) is 8.96. The highest BCUT2D eigenvalue weighted by molar-refractivity contribution is 6.29. The van der Waals surface area contributed by atoms with Crippen molar-refractivity contribution in [1.29, 1.82) is 0 Å². The van der Waals surface area contributed by atoms with Crippen molar-refractivity contribution in [2.45, 2.75) is 0 Å². The number of hydrogen-bond acceptors (Lipinski definition) is 3. The molecule has 0 aliphatic heterocycles. The maximum Gasteiger partial charge on any atom is 0.157 e. The Kier molecular flexibility index (Phi) is 2.08. The number of pyridine rings is 1. The van der Waals surface area contributed by atoms with Crippen molar-refractivity contribution >= 4 is 22.6 Å². The zero-order valence-electron chi connectivity index (χ0n) is 8.21. The largest absolute Gasteiger partial charge is 0.217 e. The van der Waals surface area contributed by atoms with Gasteiger partial charge in [0.2, 0.25) is 0 Å². The van der Waals surface area contributed by atoms with Gasteiger partial charge in [0.25, 0.3) is 0 Å². The summed E-state index contributed by atoms with van der Waals surface area (Å²) in [5, 5.41) is 8.55. The van der Waals surface area contributed by atoms with Crippen LogP contribution in [0.25, 0.3) is 16.9 Å². The van der Waals surface area contributed by atoms with E-state index in [1.807, 2.05) is 36.4 Å². The van der Waals surface area contributed by atoms with Crippen LogP contribution in [-0.2, 0) is 0 Å². The Bertz CT molecular complexity index is 647. The van der Waals surface area contributed by atoms with E-state index in [9.17, 15) is 0 Å². The minimum absolute atomic E-state index is 0.442. The summed E-state index contributed by atoms with van der Waals surface area (Å²) in [5.74, 6) is 0.668. The van der Waals surface area contributed by atoms with Crippen LogP contribution in [0.2, 0.25) is 5.15 Å². The lowest BCUT2D eigenvalue weighted by atomic mass is 10.3. The molecule has 3 rings (SSSR count). The molecule has 0 aliphatic carbocycles. The first-order valence-corrected chi connectivity index (χ1v) is 5.16. The first-order valence-electron chi connectivity index (χ1n) is 4.78. The topological polar surface area (TPSA) is 43.6 Å². The fourth-order valence-corrected chi connectivity index (χ4v) is 1.71. The summed E-state index contributed by atoms with van der Waals surface area (Å²) in [6, 6.07) is 13.1. The number of fused-ring (bicyclic) bond motifs is 1. The average molecular weight is 231 g/mol. The molecule has 0 radical (unpaired) electrons. The van der Waals surface area contributed by atoms with E-state index in [2.05, 4.69) is 15.3 Å². The van der Waals surface area contributed by atoms with Gasteiger partial charge in [-0.05, 0) is 24.3 Å². The predicted molar refractivity (Wildman–Crippen MR) is 61.7 cm³/mol. The van der Waals surface area contributed by atoms with Crippen molar-refractivity contribution in [2.24, 2.45) is 0 Å².